The summed E-state index contributed by atoms with van der Waals surface area (Å²) in [5.41, 5.74) is 2.01. The Kier molecular flexibility index (Phi) is 2.37. The predicted octanol–water partition coefficient (Wildman–Crippen LogP) is 3.26. The number of aryl methyl sites for hydroxylation is 1. The molecule has 0 amide bonds. The van der Waals surface area contributed by atoms with Crippen molar-refractivity contribution in [2.24, 2.45) is 0 Å². The summed E-state index contributed by atoms with van der Waals surface area (Å²) in [5, 5.41) is 10.9. The van der Waals surface area contributed by atoms with Gasteiger partial charge in [-0.3, -0.25) is 0 Å². The number of carbonyl (C=O) groups is 1. The van der Waals surface area contributed by atoms with E-state index in [9.17, 15) is 9.90 Å². The minimum Gasteiger partial charge on any atom is -0.480 e. The van der Waals surface area contributed by atoms with Gasteiger partial charge in [-0.15, -0.1) is 0 Å². The van der Waals surface area contributed by atoms with Crippen molar-refractivity contribution in [1.29, 1.82) is 0 Å². The molecule has 1 aliphatic rings. The van der Waals surface area contributed by atoms with Crippen LogP contribution >= 0.6 is 11.6 Å². The molecule has 1 aliphatic heterocycles. The van der Waals surface area contributed by atoms with Gasteiger partial charge in [0.05, 0.1) is 5.52 Å². The fourth-order valence-electron chi connectivity index (χ4n) is 2.67. The molecule has 0 saturated heterocycles. The molecule has 1 unspecified atom stereocenters. The van der Waals surface area contributed by atoms with Crippen molar-refractivity contribution in [2.75, 3.05) is 0 Å². The third-order valence-electron chi connectivity index (χ3n) is 3.42. The first-order chi connectivity index (χ1) is 8.18. The third kappa shape index (κ3) is 1.53. The lowest BCUT2D eigenvalue weighted by atomic mass is 10.0. The number of fused-ring (bicyclic) bond motifs is 3. The fraction of sp³-hybridized carbons (Fsp3) is 0.308. The number of benzene rings is 1. The SMILES string of the molecule is O=C(O)C1CCCc2cc3c(Cl)cccc3n21. The minimum atomic E-state index is -0.761. The monoisotopic (exact) mass is 249 g/mol. The Morgan fingerprint density at radius 3 is 3.06 bits per heavy atom. The van der Waals surface area contributed by atoms with Crippen molar-refractivity contribution in [1.82, 2.24) is 4.57 Å². The predicted molar refractivity (Wildman–Crippen MR) is 66.6 cm³/mol. The molecule has 4 heteroatoms. The highest BCUT2D eigenvalue weighted by atomic mass is 35.5. The van der Waals surface area contributed by atoms with Gasteiger partial charge in [-0.25, -0.2) is 4.79 Å². The first-order valence-electron chi connectivity index (χ1n) is 5.69. The average Bonchev–Trinajstić information content (AvgIpc) is 2.69. The van der Waals surface area contributed by atoms with Crippen LogP contribution in [0.4, 0.5) is 0 Å². The van der Waals surface area contributed by atoms with Crippen LogP contribution in [0.3, 0.4) is 0 Å². The van der Waals surface area contributed by atoms with E-state index in [1.54, 1.807) is 0 Å². The van der Waals surface area contributed by atoms with E-state index in [0.29, 0.717) is 11.4 Å². The normalized spacial score (nSPS) is 19.2. The van der Waals surface area contributed by atoms with Crippen LogP contribution in [0.15, 0.2) is 24.3 Å². The molecule has 2 heterocycles. The lowest BCUT2D eigenvalue weighted by Gasteiger charge is -2.23. The fourth-order valence-corrected chi connectivity index (χ4v) is 2.89. The van der Waals surface area contributed by atoms with Crippen LogP contribution in [0.1, 0.15) is 24.6 Å². The summed E-state index contributed by atoms with van der Waals surface area (Å²) < 4.78 is 1.92. The highest BCUT2D eigenvalue weighted by molar-refractivity contribution is 6.35. The molecule has 1 aromatic carbocycles. The Labute approximate surface area is 104 Å². The van der Waals surface area contributed by atoms with Gasteiger partial charge in [0.25, 0.3) is 0 Å². The van der Waals surface area contributed by atoms with Crippen LogP contribution in [0.25, 0.3) is 10.9 Å². The molecule has 1 aromatic heterocycles. The lowest BCUT2D eigenvalue weighted by Crippen LogP contribution is -2.24. The molecule has 3 nitrogen and oxygen atoms in total. The second-order valence-electron chi connectivity index (χ2n) is 4.42. The number of halogens is 1. The Morgan fingerprint density at radius 1 is 1.47 bits per heavy atom. The molecular formula is C13H12ClNO2. The van der Waals surface area contributed by atoms with E-state index in [2.05, 4.69) is 0 Å². The summed E-state index contributed by atoms with van der Waals surface area (Å²) in [6.45, 7) is 0. The molecule has 17 heavy (non-hydrogen) atoms. The Bertz CT molecular complexity index is 603. The topological polar surface area (TPSA) is 42.2 Å². The van der Waals surface area contributed by atoms with Gasteiger partial charge in [-0.2, -0.15) is 0 Å². The summed E-state index contributed by atoms with van der Waals surface area (Å²) >= 11 is 6.14. The maximum absolute atomic E-state index is 11.3. The summed E-state index contributed by atoms with van der Waals surface area (Å²) in [5.74, 6) is -0.761. The van der Waals surface area contributed by atoms with E-state index in [0.717, 1.165) is 29.4 Å². The second kappa shape index (κ2) is 3.77. The van der Waals surface area contributed by atoms with Crippen molar-refractivity contribution < 1.29 is 9.90 Å². The van der Waals surface area contributed by atoms with Gasteiger partial charge in [-0.05, 0) is 37.5 Å². The van der Waals surface area contributed by atoms with Crippen molar-refractivity contribution >= 4 is 28.5 Å². The van der Waals surface area contributed by atoms with Crippen molar-refractivity contribution in [3.05, 3.63) is 35.0 Å². The molecule has 2 aromatic rings. The number of nitrogens with zero attached hydrogens (tertiary/aromatic N) is 1. The molecule has 88 valence electrons. The van der Waals surface area contributed by atoms with Crippen LogP contribution in [-0.4, -0.2) is 15.6 Å². The number of hydrogen-bond acceptors (Lipinski definition) is 1. The van der Waals surface area contributed by atoms with Crippen molar-refractivity contribution in [3.63, 3.8) is 0 Å². The molecule has 0 spiro atoms. The summed E-state index contributed by atoms with van der Waals surface area (Å²) in [6, 6.07) is 7.21. The summed E-state index contributed by atoms with van der Waals surface area (Å²) in [6.07, 6.45) is 2.54. The lowest BCUT2D eigenvalue weighted by molar-refractivity contribution is -0.141. The average molecular weight is 250 g/mol. The van der Waals surface area contributed by atoms with E-state index in [1.807, 2.05) is 28.8 Å². The van der Waals surface area contributed by atoms with Crippen LogP contribution in [0, 0.1) is 0 Å². The maximum atomic E-state index is 11.3. The largest absolute Gasteiger partial charge is 0.480 e. The van der Waals surface area contributed by atoms with Crippen LogP contribution < -0.4 is 0 Å². The highest BCUT2D eigenvalue weighted by Gasteiger charge is 2.27. The number of aliphatic carboxylic acids is 1. The van der Waals surface area contributed by atoms with E-state index in [-0.39, 0.29) is 0 Å². The minimum absolute atomic E-state index is 0.449. The van der Waals surface area contributed by atoms with E-state index < -0.39 is 12.0 Å². The number of carboxylic acid groups (broad SMARTS) is 1. The zero-order chi connectivity index (χ0) is 12.0. The molecule has 1 atom stereocenters. The van der Waals surface area contributed by atoms with Crippen molar-refractivity contribution in [2.45, 2.75) is 25.3 Å². The highest BCUT2D eigenvalue weighted by Crippen LogP contribution is 2.34. The van der Waals surface area contributed by atoms with Gasteiger partial charge < -0.3 is 9.67 Å². The molecule has 0 fully saturated rings. The first-order valence-corrected chi connectivity index (χ1v) is 6.07. The molecule has 0 aliphatic carbocycles. The van der Waals surface area contributed by atoms with E-state index >= 15 is 0 Å². The smallest absolute Gasteiger partial charge is 0.326 e. The zero-order valence-electron chi connectivity index (χ0n) is 9.19. The standard InChI is InChI=1S/C13H12ClNO2/c14-10-4-2-5-11-9(10)7-8-3-1-6-12(13(16)17)15(8)11/h2,4-5,7,12H,1,3,6H2,(H,16,17). The molecule has 0 saturated carbocycles. The van der Waals surface area contributed by atoms with E-state index in [4.69, 9.17) is 11.6 Å². The van der Waals surface area contributed by atoms with Gasteiger partial charge in [-0.1, -0.05) is 17.7 Å². The zero-order valence-corrected chi connectivity index (χ0v) is 9.94. The number of hydrogen-bond donors (Lipinski definition) is 1. The number of rotatable bonds is 1. The summed E-state index contributed by atoms with van der Waals surface area (Å²) in [4.78, 5) is 11.3. The number of carboxylic acids is 1. The molecule has 0 radical (unpaired) electrons. The van der Waals surface area contributed by atoms with Gasteiger partial charge in [0.1, 0.15) is 6.04 Å². The first kappa shape index (κ1) is 10.7. The second-order valence-corrected chi connectivity index (χ2v) is 4.83. The van der Waals surface area contributed by atoms with Crippen molar-refractivity contribution in [3.8, 4) is 0 Å². The Morgan fingerprint density at radius 2 is 2.29 bits per heavy atom. The van der Waals surface area contributed by atoms with Gasteiger partial charge in [0.15, 0.2) is 0 Å². The van der Waals surface area contributed by atoms with Crippen LogP contribution in [0.2, 0.25) is 5.02 Å². The van der Waals surface area contributed by atoms with Crippen LogP contribution in [-0.2, 0) is 11.2 Å². The summed E-state index contributed by atoms with van der Waals surface area (Å²) in [7, 11) is 0. The molecule has 0 bridgehead atoms. The molecular weight excluding hydrogens is 238 g/mol. The third-order valence-corrected chi connectivity index (χ3v) is 3.75. The van der Waals surface area contributed by atoms with Gasteiger partial charge >= 0.3 is 5.97 Å². The van der Waals surface area contributed by atoms with Crippen LogP contribution in [0.5, 0.6) is 0 Å². The van der Waals surface area contributed by atoms with Gasteiger partial charge in [0, 0.05) is 16.1 Å². The Hall–Kier alpha value is -1.48. The number of aromatic nitrogens is 1. The van der Waals surface area contributed by atoms with Gasteiger partial charge in [0.2, 0.25) is 0 Å². The molecule has 3 rings (SSSR count). The quantitative estimate of drug-likeness (QED) is 0.843. The maximum Gasteiger partial charge on any atom is 0.326 e. The molecule has 1 N–H and O–H groups in total. The Balaban J connectivity index is 2.31. The van der Waals surface area contributed by atoms with E-state index in [1.165, 1.54) is 0 Å².